The van der Waals surface area contributed by atoms with E-state index in [1.165, 1.54) is 42.4 Å². The molecule has 0 saturated carbocycles. The Kier molecular flexibility index (Phi) is 6.40. The van der Waals surface area contributed by atoms with Gasteiger partial charge in [0.05, 0.1) is 6.61 Å². The highest BCUT2D eigenvalue weighted by Gasteiger charge is 2.21. The van der Waals surface area contributed by atoms with Crippen LogP contribution in [0.2, 0.25) is 0 Å². The summed E-state index contributed by atoms with van der Waals surface area (Å²) < 4.78 is 5.91. The standard InChI is InChI=1S/C24H30N2O2/c27-24(25-17-23-22-11-4-3-9-20(22)12-15-28-23)21-10-7-8-19(16-21)18-26-13-5-1-2-6-14-26/h3-4,7-11,16,23H,1-2,5-6,12-15,17-18H2,(H,25,27)/t23-/m1/s1. The maximum atomic E-state index is 12.7. The Bertz CT molecular complexity index is 797. The van der Waals surface area contributed by atoms with Crippen molar-refractivity contribution in [3.05, 3.63) is 70.8 Å². The molecule has 0 bridgehead atoms. The summed E-state index contributed by atoms with van der Waals surface area (Å²) >= 11 is 0. The summed E-state index contributed by atoms with van der Waals surface area (Å²) in [5.74, 6) is -0.0237. The van der Waals surface area contributed by atoms with Crippen molar-refractivity contribution in [2.45, 2.75) is 44.8 Å². The zero-order valence-electron chi connectivity index (χ0n) is 16.5. The molecule has 4 rings (SSSR count). The summed E-state index contributed by atoms with van der Waals surface area (Å²) in [6, 6.07) is 16.4. The van der Waals surface area contributed by atoms with E-state index < -0.39 is 0 Å². The van der Waals surface area contributed by atoms with E-state index in [9.17, 15) is 4.79 Å². The van der Waals surface area contributed by atoms with Gasteiger partial charge < -0.3 is 10.1 Å². The van der Waals surface area contributed by atoms with Gasteiger partial charge in [0, 0.05) is 18.7 Å². The van der Waals surface area contributed by atoms with E-state index in [0.717, 1.165) is 31.6 Å². The van der Waals surface area contributed by atoms with Crippen LogP contribution >= 0.6 is 0 Å². The van der Waals surface area contributed by atoms with Crippen molar-refractivity contribution in [2.75, 3.05) is 26.2 Å². The highest BCUT2D eigenvalue weighted by atomic mass is 16.5. The van der Waals surface area contributed by atoms with Gasteiger partial charge in [-0.25, -0.2) is 0 Å². The predicted octanol–water partition coefficient (Wildman–Crippen LogP) is 4.11. The lowest BCUT2D eigenvalue weighted by Crippen LogP contribution is -2.32. The number of nitrogens with one attached hydrogen (secondary N) is 1. The Morgan fingerprint density at radius 3 is 2.71 bits per heavy atom. The first kappa shape index (κ1) is 19.2. The van der Waals surface area contributed by atoms with Gasteiger partial charge in [0.1, 0.15) is 6.10 Å². The number of amides is 1. The Labute approximate surface area is 167 Å². The van der Waals surface area contributed by atoms with Gasteiger partial charge in [-0.1, -0.05) is 49.2 Å². The second kappa shape index (κ2) is 9.35. The van der Waals surface area contributed by atoms with Crippen molar-refractivity contribution >= 4 is 5.91 Å². The number of fused-ring (bicyclic) bond motifs is 1. The van der Waals surface area contributed by atoms with E-state index in [-0.39, 0.29) is 12.0 Å². The molecule has 2 aliphatic rings. The van der Waals surface area contributed by atoms with Crippen molar-refractivity contribution in [3.63, 3.8) is 0 Å². The van der Waals surface area contributed by atoms with Crippen LogP contribution in [0.4, 0.5) is 0 Å². The summed E-state index contributed by atoms with van der Waals surface area (Å²) in [6.07, 6.45) is 6.12. The molecular formula is C24H30N2O2. The molecule has 0 aliphatic carbocycles. The second-order valence-electron chi connectivity index (χ2n) is 7.91. The van der Waals surface area contributed by atoms with Crippen LogP contribution in [-0.4, -0.2) is 37.0 Å². The number of rotatable bonds is 5. The number of benzene rings is 2. The Morgan fingerprint density at radius 1 is 1.04 bits per heavy atom. The lowest BCUT2D eigenvalue weighted by atomic mass is 9.97. The van der Waals surface area contributed by atoms with E-state index >= 15 is 0 Å². The molecule has 0 radical (unpaired) electrons. The summed E-state index contributed by atoms with van der Waals surface area (Å²) in [6.45, 7) is 4.47. The molecule has 0 unspecified atom stereocenters. The Balaban J connectivity index is 1.36. The van der Waals surface area contributed by atoms with Crippen LogP contribution in [0.1, 0.15) is 58.8 Å². The summed E-state index contributed by atoms with van der Waals surface area (Å²) in [5, 5.41) is 3.07. The third-order valence-corrected chi connectivity index (χ3v) is 5.83. The number of hydrogen-bond acceptors (Lipinski definition) is 3. The van der Waals surface area contributed by atoms with Gasteiger partial charge in [0.15, 0.2) is 0 Å². The maximum Gasteiger partial charge on any atom is 0.251 e. The number of carbonyl (C=O) groups excluding carboxylic acids is 1. The van der Waals surface area contributed by atoms with Gasteiger partial charge in [-0.2, -0.15) is 0 Å². The van der Waals surface area contributed by atoms with E-state index in [2.05, 4.69) is 34.5 Å². The van der Waals surface area contributed by atoms with Crippen LogP contribution in [0.15, 0.2) is 48.5 Å². The van der Waals surface area contributed by atoms with Crippen molar-refractivity contribution in [1.82, 2.24) is 10.2 Å². The SMILES string of the molecule is O=C(NC[C@H]1OCCc2ccccc21)c1cccc(CN2CCCCCC2)c1. The molecule has 0 spiro atoms. The number of likely N-dealkylation sites (tertiary alicyclic amines) is 1. The molecule has 148 valence electrons. The lowest BCUT2D eigenvalue weighted by Gasteiger charge is -2.26. The van der Waals surface area contributed by atoms with Gasteiger partial charge in [0.2, 0.25) is 0 Å². The quantitative estimate of drug-likeness (QED) is 0.851. The van der Waals surface area contributed by atoms with E-state index in [1.54, 1.807) is 0 Å². The molecule has 1 fully saturated rings. The highest BCUT2D eigenvalue weighted by Crippen LogP contribution is 2.26. The van der Waals surface area contributed by atoms with Crippen LogP contribution in [0, 0.1) is 0 Å². The second-order valence-corrected chi connectivity index (χ2v) is 7.91. The normalized spacial score (nSPS) is 20.2. The van der Waals surface area contributed by atoms with Crippen LogP contribution in [-0.2, 0) is 17.7 Å². The first-order valence-corrected chi connectivity index (χ1v) is 10.6. The minimum Gasteiger partial charge on any atom is -0.371 e. The first-order valence-electron chi connectivity index (χ1n) is 10.6. The molecule has 2 aromatic rings. The highest BCUT2D eigenvalue weighted by molar-refractivity contribution is 5.94. The molecule has 1 saturated heterocycles. The van der Waals surface area contributed by atoms with Crippen LogP contribution in [0.5, 0.6) is 0 Å². The third-order valence-electron chi connectivity index (χ3n) is 5.83. The summed E-state index contributed by atoms with van der Waals surface area (Å²) in [7, 11) is 0. The molecule has 2 aromatic carbocycles. The first-order chi connectivity index (χ1) is 13.8. The summed E-state index contributed by atoms with van der Waals surface area (Å²) in [5.41, 5.74) is 4.47. The molecule has 1 N–H and O–H groups in total. The molecule has 2 aliphatic heterocycles. The maximum absolute atomic E-state index is 12.7. The molecule has 1 atom stereocenters. The lowest BCUT2D eigenvalue weighted by molar-refractivity contribution is 0.0411. The molecule has 28 heavy (non-hydrogen) atoms. The van der Waals surface area contributed by atoms with Gasteiger partial charge in [-0.3, -0.25) is 9.69 Å². The number of nitrogens with zero attached hydrogens (tertiary/aromatic N) is 1. The molecule has 4 nitrogen and oxygen atoms in total. The zero-order valence-corrected chi connectivity index (χ0v) is 16.5. The van der Waals surface area contributed by atoms with E-state index in [0.29, 0.717) is 13.2 Å². The Morgan fingerprint density at radius 2 is 1.86 bits per heavy atom. The smallest absolute Gasteiger partial charge is 0.251 e. The van der Waals surface area contributed by atoms with Crippen LogP contribution < -0.4 is 5.32 Å². The predicted molar refractivity (Wildman–Crippen MR) is 111 cm³/mol. The van der Waals surface area contributed by atoms with Crippen molar-refractivity contribution < 1.29 is 9.53 Å². The van der Waals surface area contributed by atoms with E-state index in [1.807, 2.05) is 24.3 Å². The molecule has 4 heteroatoms. The molecule has 1 amide bonds. The van der Waals surface area contributed by atoms with Crippen LogP contribution in [0.3, 0.4) is 0 Å². The van der Waals surface area contributed by atoms with Gasteiger partial charge in [0.25, 0.3) is 5.91 Å². The average molecular weight is 379 g/mol. The summed E-state index contributed by atoms with van der Waals surface area (Å²) in [4.78, 5) is 15.2. The number of ether oxygens (including phenoxy) is 1. The van der Waals surface area contributed by atoms with Gasteiger partial charge in [-0.15, -0.1) is 0 Å². The number of carbonyl (C=O) groups is 1. The van der Waals surface area contributed by atoms with Crippen molar-refractivity contribution in [2.24, 2.45) is 0 Å². The Hall–Kier alpha value is -2.17. The van der Waals surface area contributed by atoms with Crippen molar-refractivity contribution in [3.8, 4) is 0 Å². The third kappa shape index (κ3) is 4.81. The van der Waals surface area contributed by atoms with E-state index in [4.69, 9.17) is 4.74 Å². The molecule has 2 heterocycles. The number of hydrogen-bond donors (Lipinski definition) is 1. The van der Waals surface area contributed by atoms with Gasteiger partial charge in [-0.05, 0) is 61.2 Å². The fourth-order valence-corrected chi connectivity index (χ4v) is 4.30. The fraction of sp³-hybridized carbons (Fsp3) is 0.458. The zero-order chi connectivity index (χ0) is 19.2. The topological polar surface area (TPSA) is 41.6 Å². The monoisotopic (exact) mass is 378 g/mol. The molecular weight excluding hydrogens is 348 g/mol. The van der Waals surface area contributed by atoms with Crippen LogP contribution in [0.25, 0.3) is 0 Å². The van der Waals surface area contributed by atoms with Crippen molar-refractivity contribution in [1.29, 1.82) is 0 Å². The fourth-order valence-electron chi connectivity index (χ4n) is 4.30. The molecule has 0 aromatic heterocycles. The average Bonchev–Trinajstić information content (AvgIpc) is 3.01. The minimum absolute atomic E-state index is 0.0237. The minimum atomic E-state index is -0.0609. The largest absolute Gasteiger partial charge is 0.371 e. The van der Waals surface area contributed by atoms with Gasteiger partial charge >= 0.3 is 0 Å².